The normalized spacial score (nSPS) is 17.7. The first-order chi connectivity index (χ1) is 32.2. The van der Waals surface area contributed by atoms with Crippen LogP contribution in [0.1, 0.15) is 72.2 Å². The Morgan fingerprint density at radius 1 is 0.686 bits per heavy atom. The SMILES string of the molecule is CC(C)(C)OC(=O)N1C[C@H](F)C[C@H]1C(=O)CCc1cc(-c2ccc(OC(F)F)cc2)c(F)cn1.CC(C)(C)OC(=O)N1C[C@H](F)C[C@H]1C(=O)O.Cl.NCc1cc(-c2ccc(OC(F)F)cc2)c(F)cn1. The van der Waals surface area contributed by atoms with Crippen LogP contribution in [0, 0.1) is 11.6 Å². The standard InChI is InChI=1S/C24H26F4N2O4.C13H11F3N2O.C10H16FNO4.ClH/c1-24(2,3)34-23(32)30-13-15(25)10-20(30)21(31)9-6-16-11-18(19(26)12-29-16)14-4-7-17(8-5-14)33-22(27)28;14-12-7-18-9(6-17)5-11(12)8-1-3-10(4-2-8)19-13(15)16;1-10(2,3)16-9(15)12-5-6(11)4-7(12)8(13)14;/h4-5,7-8,11-12,15,20,22H,6,9-10,13H2,1-3H3;1-5,7,13H,6,17H2;6-7H,4-5H2,1-3H3,(H,13,14);1H/t15-,20+;;6-,7+;/m1.1./s1. The zero-order valence-corrected chi connectivity index (χ0v) is 39.7. The molecule has 2 aromatic carbocycles. The van der Waals surface area contributed by atoms with Gasteiger partial charge in [-0.25, -0.2) is 31.9 Å². The summed E-state index contributed by atoms with van der Waals surface area (Å²) < 4.78 is 123. The van der Waals surface area contributed by atoms with Gasteiger partial charge in [0.05, 0.1) is 37.2 Å². The van der Waals surface area contributed by atoms with Gasteiger partial charge < -0.3 is 29.8 Å². The number of Topliss-reactive ketones (excluding diaryl/α,β-unsaturated/α-hetero) is 1. The number of nitrogens with two attached hydrogens (primary N) is 1. The first-order valence-electron chi connectivity index (χ1n) is 21.4. The number of ether oxygens (including phenoxy) is 4. The number of carboxylic acids is 1. The quantitative estimate of drug-likeness (QED) is 0.128. The van der Waals surface area contributed by atoms with Crippen LogP contribution in [-0.2, 0) is 32.0 Å². The molecule has 0 bridgehead atoms. The molecule has 0 saturated carbocycles. The van der Waals surface area contributed by atoms with Crippen LogP contribution in [0.2, 0.25) is 0 Å². The highest BCUT2D eigenvalue weighted by Crippen LogP contribution is 2.30. The minimum Gasteiger partial charge on any atom is -0.480 e. The van der Waals surface area contributed by atoms with E-state index in [1.165, 1.54) is 60.7 Å². The van der Waals surface area contributed by atoms with Crippen LogP contribution in [0.5, 0.6) is 11.5 Å². The summed E-state index contributed by atoms with van der Waals surface area (Å²) in [4.78, 5) is 57.5. The summed E-state index contributed by atoms with van der Waals surface area (Å²) in [6, 6.07) is 12.1. The van der Waals surface area contributed by atoms with Crippen molar-refractivity contribution in [1.82, 2.24) is 19.8 Å². The van der Waals surface area contributed by atoms with Gasteiger partial charge in [-0.05, 0) is 95.5 Å². The van der Waals surface area contributed by atoms with E-state index in [0.29, 0.717) is 28.1 Å². The number of alkyl halides is 6. The lowest BCUT2D eigenvalue weighted by molar-refractivity contribution is -0.142. The minimum absolute atomic E-state index is 0. The number of pyridine rings is 2. The van der Waals surface area contributed by atoms with Crippen LogP contribution in [0.3, 0.4) is 0 Å². The van der Waals surface area contributed by atoms with Crippen molar-refractivity contribution >= 4 is 36.3 Å². The van der Waals surface area contributed by atoms with Gasteiger partial charge in [-0.1, -0.05) is 24.3 Å². The maximum Gasteiger partial charge on any atom is 0.411 e. The Balaban J connectivity index is 0.000000304. The van der Waals surface area contributed by atoms with Gasteiger partial charge in [-0.3, -0.25) is 24.6 Å². The van der Waals surface area contributed by atoms with Gasteiger partial charge >= 0.3 is 31.4 Å². The monoisotopic (exact) mass is 1020 g/mol. The van der Waals surface area contributed by atoms with Crippen molar-refractivity contribution in [3.05, 3.63) is 96.1 Å². The molecule has 3 N–H and O–H groups in total. The number of aryl methyl sites for hydroxylation is 1. The highest BCUT2D eigenvalue weighted by atomic mass is 35.5. The summed E-state index contributed by atoms with van der Waals surface area (Å²) >= 11 is 0. The first-order valence-corrected chi connectivity index (χ1v) is 21.4. The van der Waals surface area contributed by atoms with E-state index in [0.717, 1.165) is 22.2 Å². The van der Waals surface area contributed by atoms with Gasteiger partial charge in [0, 0.05) is 42.6 Å². The lowest BCUT2D eigenvalue weighted by Gasteiger charge is -2.27. The summed E-state index contributed by atoms with van der Waals surface area (Å²) in [5, 5.41) is 8.83. The molecule has 0 unspecified atom stereocenters. The van der Waals surface area contributed by atoms with Crippen molar-refractivity contribution in [3.8, 4) is 33.8 Å². The Bertz CT molecular complexity index is 2380. The van der Waals surface area contributed by atoms with E-state index in [2.05, 4.69) is 19.4 Å². The lowest BCUT2D eigenvalue weighted by Crippen LogP contribution is -2.43. The Morgan fingerprint density at radius 2 is 1.07 bits per heavy atom. The van der Waals surface area contributed by atoms with Crippen LogP contribution in [0.4, 0.5) is 44.7 Å². The molecular formula is C47H54ClF8N5O9. The summed E-state index contributed by atoms with van der Waals surface area (Å²) in [5.41, 5.74) is 6.36. The first kappa shape index (κ1) is 58.0. The molecule has 2 fully saturated rings. The Morgan fingerprint density at radius 3 is 1.46 bits per heavy atom. The highest BCUT2D eigenvalue weighted by molar-refractivity contribution is 5.88. The number of aliphatic carboxylic acids is 1. The van der Waals surface area contributed by atoms with Crippen LogP contribution in [0.15, 0.2) is 73.1 Å². The van der Waals surface area contributed by atoms with E-state index in [1.54, 1.807) is 41.5 Å². The zero-order chi connectivity index (χ0) is 51.4. The number of likely N-dealkylation sites (tertiary alicyclic amines) is 2. The molecule has 2 aromatic heterocycles. The molecule has 70 heavy (non-hydrogen) atoms. The molecule has 0 aliphatic carbocycles. The van der Waals surface area contributed by atoms with E-state index in [9.17, 15) is 54.3 Å². The number of aromatic nitrogens is 2. The molecule has 0 spiro atoms. The van der Waals surface area contributed by atoms with E-state index in [4.69, 9.17) is 20.3 Å². The second kappa shape index (κ2) is 25.5. The molecular weight excluding hydrogens is 966 g/mol. The van der Waals surface area contributed by atoms with Gasteiger partial charge in [0.2, 0.25) is 0 Å². The van der Waals surface area contributed by atoms with Crippen molar-refractivity contribution < 1.29 is 78.4 Å². The fourth-order valence-corrected chi connectivity index (χ4v) is 6.86. The van der Waals surface area contributed by atoms with Crippen LogP contribution in [-0.4, -0.2) is 111 Å². The largest absolute Gasteiger partial charge is 0.480 e. The molecule has 0 radical (unpaired) electrons. The fourth-order valence-electron chi connectivity index (χ4n) is 6.86. The van der Waals surface area contributed by atoms with Crippen molar-refractivity contribution in [1.29, 1.82) is 0 Å². The second-order valence-electron chi connectivity index (χ2n) is 17.6. The van der Waals surface area contributed by atoms with E-state index in [1.807, 2.05) is 0 Å². The van der Waals surface area contributed by atoms with Crippen LogP contribution < -0.4 is 15.2 Å². The number of hydrogen-bond acceptors (Lipinski definition) is 11. The molecule has 2 aliphatic heterocycles. The molecule has 2 aliphatic rings. The molecule has 23 heteroatoms. The molecule has 6 rings (SSSR count). The van der Waals surface area contributed by atoms with E-state index < -0.39 is 78.6 Å². The van der Waals surface area contributed by atoms with E-state index in [-0.39, 0.29) is 80.6 Å². The maximum absolute atomic E-state index is 14.3. The third kappa shape index (κ3) is 17.9. The third-order valence-electron chi connectivity index (χ3n) is 9.85. The topological polar surface area (TPSA) is 184 Å². The molecule has 2 amide bonds. The van der Waals surface area contributed by atoms with Gasteiger partial charge in [0.1, 0.15) is 52.7 Å². The Labute approximate surface area is 404 Å². The number of halogens is 9. The summed E-state index contributed by atoms with van der Waals surface area (Å²) in [6.07, 6.45) is -2.21. The number of nitrogens with zero attached hydrogens (tertiary/aromatic N) is 4. The molecule has 2 saturated heterocycles. The molecule has 4 atom stereocenters. The smallest absolute Gasteiger partial charge is 0.411 e. The number of carboxylic acid groups (broad SMARTS) is 1. The van der Waals surface area contributed by atoms with Gasteiger partial charge in [-0.2, -0.15) is 17.6 Å². The van der Waals surface area contributed by atoms with Crippen molar-refractivity contribution in [3.63, 3.8) is 0 Å². The van der Waals surface area contributed by atoms with E-state index >= 15 is 0 Å². The molecule has 4 heterocycles. The number of hydrogen-bond donors (Lipinski definition) is 2. The van der Waals surface area contributed by atoms with Gasteiger partial charge in [0.15, 0.2) is 5.78 Å². The predicted molar refractivity (Wildman–Crippen MR) is 241 cm³/mol. The third-order valence-corrected chi connectivity index (χ3v) is 9.85. The van der Waals surface area contributed by atoms with Gasteiger partial charge in [-0.15, -0.1) is 12.4 Å². The van der Waals surface area contributed by atoms with Gasteiger partial charge in [0.25, 0.3) is 0 Å². The molecule has 4 aromatic rings. The second-order valence-corrected chi connectivity index (χ2v) is 17.6. The van der Waals surface area contributed by atoms with Crippen LogP contribution in [0.25, 0.3) is 22.3 Å². The number of carbonyl (C=O) groups excluding carboxylic acids is 3. The van der Waals surface area contributed by atoms with Crippen molar-refractivity contribution in [2.75, 3.05) is 13.1 Å². The summed E-state index contributed by atoms with van der Waals surface area (Å²) in [7, 11) is 0. The lowest BCUT2D eigenvalue weighted by atomic mass is 10.0. The summed E-state index contributed by atoms with van der Waals surface area (Å²) in [6.45, 7) is 3.98. The number of rotatable bonds is 12. The number of amides is 2. The zero-order valence-electron chi connectivity index (χ0n) is 38.9. The maximum atomic E-state index is 14.3. The Hall–Kier alpha value is -6.29. The highest BCUT2D eigenvalue weighted by Gasteiger charge is 2.42. The number of carbonyl (C=O) groups is 4. The fraction of sp³-hybridized carbons (Fsp3) is 0.447. The predicted octanol–water partition coefficient (Wildman–Crippen LogP) is 10.1. The summed E-state index contributed by atoms with van der Waals surface area (Å²) in [5.74, 6) is -2.70. The average molecular weight is 1020 g/mol. The number of benzene rings is 2. The molecule has 14 nitrogen and oxygen atoms in total. The van der Waals surface area contributed by atoms with Crippen molar-refractivity contribution in [2.24, 2.45) is 5.73 Å². The minimum atomic E-state index is -2.97. The Kier molecular flexibility index (Phi) is 21.2. The number of ketones is 1. The van der Waals surface area contributed by atoms with Crippen LogP contribution >= 0.6 is 12.4 Å². The average Bonchev–Trinajstić information content (AvgIpc) is 3.86. The molecule has 384 valence electrons. The van der Waals surface area contributed by atoms with Crippen molar-refractivity contribution in [2.45, 2.75) is 123 Å².